The minimum absolute atomic E-state index is 0. The molecule has 0 saturated heterocycles. The maximum absolute atomic E-state index is 10.2. The molecule has 3 aromatic rings. The Kier molecular flexibility index (Phi) is 7.47. The third-order valence-electron chi connectivity index (χ3n) is 3.52. The average Bonchev–Trinajstić information content (AvgIpc) is 2.58. The molecule has 0 amide bonds. The molecule has 2 aromatic carbocycles. The molecule has 25 heavy (non-hydrogen) atoms. The molecule has 0 atom stereocenters. The van der Waals surface area contributed by atoms with E-state index in [2.05, 4.69) is 38.1 Å². The van der Waals surface area contributed by atoms with E-state index in [0.717, 1.165) is 23.0 Å². The number of aromatic nitrogens is 2. The number of phenolic OH excluding ortho intramolecular Hbond substituents is 1. The second-order valence-electron chi connectivity index (χ2n) is 5.23. The number of rotatable bonds is 6. The Labute approximate surface area is 180 Å². The van der Waals surface area contributed by atoms with Crippen LogP contribution in [0.3, 0.4) is 0 Å². The number of benzene rings is 2. The van der Waals surface area contributed by atoms with E-state index in [4.69, 9.17) is 4.74 Å². The summed E-state index contributed by atoms with van der Waals surface area (Å²) < 4.78 is 5.59. The molecule has 0 aliphatic heterocycles. The standard InChI is InChI=1S/C18H17BrN3O2.Y/c1-12-5-2-3-6-14(12)22-18-13-9-16(23)17(24-8-4-7-19)10-15(13)20-11-21-18;/h2-3,5-6,9-11,23H,1,4,7-8H2,(H,20,21,22);/q-1;. The first kappa shape index (κ1) is 20.0. The summed E-state index contributed by atoms with van der Waals surface area (Å²) >= 11 is 3.35. The largest absolute Gasteiger partial charge is 0.504 e. The number of nitrogens with zero attached hydrogens (tertiary/aromatic N) is 2. The molecule has 1 radical (unpaired) electrons. The van der Waals surface area contributed by atoms with Gasteiger partial charge < -0.3 is 15.2 Å². The van der Waals surface area contributed by atoms with Gasteiger partial charge in [0.15, 0.2) is 11.5 Å². The van der Waals surface area contributed by atoms with Gasteiger partial charge in [-0.2, -0.15) is 18.6 Å². The van der Waals surface area contributed by atoms with Crippen LogP contribution >= 0.6 is 15.9 Å². The van der Waals surface area contributed by atoms with Gasteiger partial charge in [0.1, 0.15) is 12.1 Å². The number of halogens is 1. The number of anilines is 2. The minimum Gasteiger partial charge on any atom is -0.504 e. The molecule has 1 aromatic heterocycles. The van der Waals surface area contributed by atoms with Crippen molar-refractivity contribution in [1.82, 2.24) is 9.97 Å². The van der Waals surface area contributed by atoms with Crippen LogP contribution in [0.15, 0.2) is 42.7 Å². The van der Waals surface area contributed by atoms with E-state index >= 15 is 0 Å². The van der Waals surface area contributed by atoms with Crippen molar-refractivity contribution in [3.05, 3.63) is 55.2 Å². The van der Waals surface area contributed by atoms with Crippen LogP contribution in [0.4, 0.5) is 11.5 Å². The molecule has 0 spiro atoms. The molecule has 1 heterocycles. The predicted octanol–water partition coefficient (Wildman–Crippen LogP) is 4.42. The Balaban J connectivity index is 0.00000225. The zero-order valence-corrected chi connectivity index (χ0v) is 18.0. The Morgan fingerprint density at radius 3 is 2.76 bits per heavy atom. The summed E-state index contributed by atoms with van der Waals surface area (Å²) in [4.78, 5) is 8.55. The van der Waals surface area contributed by atoms with E-state index in [0.29, 0.717) is 29.1 Å². The fourth-order valence-electron chi connectivity index (χ4n) is 2.29. The van der Waals surface area contributed by atoms with Gasteiger partial charge in [-0.3, -0.25) is 0 Å². The second kappa shape index (κ2) is 9.36. The number of alkyl halides is 1. The van der Waals surface area contributed by atoms with E-state index in [1.807, 2.05) is 24.3 Å². The van der Waals surface area contributed by atoms with Crippen molar-refractivity contribution in [3.63, 3.8) is 0 Å². The Morgan fingerprint density at radius 1 is 1.20 bits per heavy atom. The quantitative estimate of drug-likeness (QED) is 0.313. The maximum atomic E-state index is 10.2. The monoisotopic (exact) mass is 475 g/mol. The third kappa shape index (κ3) is 4.84. The van der Waals surface area contributed by atoms with Crippen molar-refractivity contribution in [3.8, 4) is 11.5 Å². The Hall–Kier alpha value is -1.37. The van der Waals surface area contributed by atoms with Crippen molar-refractivity contribution < 1.29 is 42.6 Å². The molecule has 0 aliphatic carbocycles. The third-order valence-corrected chi connectivity index (χ3v) is 4.08. The Bertz CT molecular complexity index is 861. The first-order valence-electron chi connectivity index (χ1n) is 7.53. The first-order valence-corrected chi connectivity index (χ1v) is 8.65. The van der Waals surface area contributed by atoms with Gasteiger partial charge in [-0.1, -0.05) is 33.8 Å². The van der Waals surface area contributed by atoms with Gasteiger partial charge in [-0.15, -0.1) is 6.07 Å². The predicted molar refractivity (Wildman–Crippen MR) is 99.3 cm³/mol. The summed E-state index contributed by atoms with van der Waals surface area (Å²) in [6.07, 6.45) is 2.34. The van der Waals surface area contributed by atoms with E-state index in [1.165, 1.54) is 6.33 Å². The Morgan fingerprint density at radius 2 is 2.00 bits per heavy atom. The van der Waals surface area contributed by atoms with Crippen molar-refractivity contribution >= 4 is 38.3 Å². The van der Waals surface area contributed by atoms with Gasteiger partial charge >= 0.3 is 0 Å². The average molecular weight is 476 g/mol. The van der Waals surface area contributed by atoms with Crippen LogP contribution in [0.2, 0.25) is 0 Å². The summed E-state index contributed by atoms with van der Waals surface area (Å²) in [5.41, 5.74) is 2.42. The molecule has 0 unspecified atom stereocenters. The normalized spacial score (nSPS) is 10.3. The molecular formula is C18H17BrN3O2Y-. The zero-order chi connectivity index (χ0) is 16.9. The number of ether oxygens (including phenoxy) is 1. The number of fused-ring (bicyclic) bond motifs is 1. The van der Waals surface area contributed by atoms with Crippen molar-refractivity contribution in [2.24, 2.45) is 0 Å². The summed E-state index contributed by atoms with van der Waals surface area (Å²) in [6.45, 7) is 4.51. The summed E-state index contributed by atoms with van der Waals surface area (Å²) in [5.74, 6) is 1.10. The minimum atomic E-state index is 0. The molecule has 3 rings (SSSR count). The van der Waals surface area contributed by atoms with Crippen LogP contribution in [-0.2, 0) is 32.7 Å². The molecule has 7 heteroatoms. The fourth-order valence-corrected chi connectivity index (χ4v) is 2.52. The fraction of sp³-hybridized carbons (Fsp3) is 0.167. The molecule has 127 valence electrons. The molecule has 0 fully saturated rings. The molecule has 0 aliphatic rings. The van der Waals surface area contributed by atoms with Gasteiger partial charge in [0.2, 0.25) is 0 Å². The maximum Gasteiger partial charge on any atom is 0.163 e. The summed E-state index contributed by atoms with van der Waals surface area (Å²) in [7, 11) is 0. The van der Waals surface area contributed by atoms with E-state index < -0.39 is 0 Å². The molecule has 2 N–H and O–H groups in total. The number of para-hydroxylation sites is 1. The van der Waals surface area contributed by atoms with Gasteiger partial charge in [-0.25, -0.2) is 9.97 Å². The number of nitrogens with one attached hydrogen (secondary N) is 1. The number of aromatic hydroxyl groups is 1. The van der Waals surface area contributed by atoms with E-state index in [-0.39, 0.29) is 38.5 Å². The van der Waals surface area contributed by atoms with E-state index in [1.54, 1.807) is 12.1 Å². The topological polar surface area (TPSA) is 67.3 Å². The van der Waals surface area contributed by atoms with Gasteiger partial charge in [-0.05, 0) is 12.5 Å². The molecular weight excluding hydrogens is 459 g/mol. The van der Waals surface area contributed by atoms with Crippen LogP contribution in [0.5, 0.6) is 11.5 Å². The van der Waals surface area contributed by atoms with Crippen LogP contribution < -0.4 is 10.1 Å². The van der Waals surface area contributed by atoms with Crippen LogP contribution in [0, 0.1) is 6.92 Å². The van der Waals surface area contributed by atoms with Gasteiger partial charge in [0.05, 0.1) is 12.1 Å². The molecule has 0 bridgehead atoms. The second-order valence-corrected chi connectivity index (χ2v) is 6.03. The zero-order valence-electron chi connectivity index (χ0n) is 13.6. The van der Waals surface area contributed by atoms with Crippen LogP contribution in [0.1, 0.15) is 12.0 Å². The van der Waals surface area contributed by atoms with Crippen molar-refractivity contribution in [2.75, 3.05) is 17.3 Å². The van der Waals surface area contributed by atoms with Crippen molar-refractivity contribution in [1.29, 1.82) is 0 Å². The number of hydrogen-bond donors (Lipinski definition) is 2. The SMILES string of the molecule is [CH2-]c1ccccc1Nc1ncnc2cc(OCCCBr)c(O)cc12.[Y]. The molecule has 5 nitrogen and oxygen atoms in total. The molecule has 0 saturated carbocycles. The first-order chi connectivity index (χ1) is 11.7. The van der Waals surface area contributed by atoms with Crippen LogP contribution in [-0.4, -0.2) is 27.0 Å². The number of hydrogen-bond acceptors (Lipinski definition) is 5. The van der Waals surface area contributed by atoms with Crippen LogP contribution in [0.25, 0.3) is 10.9 Å². The van der Waals surface area contributed by atoms with Crippen molar-refractivity contribution in [2.45, 2.75) is 6.42 Å². The number of phenols is 1. The van der Waals surface area contributed by atoms with Gasteiger partial charge in [0.25, 0.3) is 0 Å². The summed E-state index contributed by atoms with van der Waals surface area (Å²) in [5, 5.41) is 15.0. The van der Waals surface area contributed by atoms with E-state index in [9.17, 15) is 5.11 Å². The summed E-state index contributed by atoms with van der Waals surface area (Å²) in [6, 6.07) is 11.0. The smallest absolute Gasteiger partial charge is 0.163 e. The van der Waals surface area contributed by atoms with Gasteiger partial charge in [0, 0.05) is 49.5 Å².